The molecule has 1 N–H and O–H groups in total. The lowest BCUT2D eigenvalue weighted by Crippen LogP contribution is -2.38. The van der Waals surface area contributed by atoms with Crippen LogP contribution in [0.5, 0.6) is 5.75 Å². The largest absolute Gasteiger partial charge is 0.497 e. The average Bonchev–Trinajstić information content (AvgIpc) is 2.99. The number of nitrogens with one attached hydrogen (secondary N) is 1. The van der Waals surface area contributed by atoms with Gasteiger partial charge in [0.05, 0.1) is 7.11 Å². The number of amides is 1. The Hall–Kier alpha value is -1.55. The third-order valence-corrected chi connectivity index (χ3v) is 5.67. The lowest BCUT2D eigenvalue weighted by atomic mass is 10.0. The minimum absolute atomic E-state index is 0.293. The van der Waals surface area contributed by atoms with E-state index in [-0.39, 0.29) is 0 Å². The molecule has 3 rings (SSSR count). The molecule has 1 unspecified atom stereocenters. The van der Waals surface area contributed by atoms with Gasteiger partial charge in [0, 0.05) is 31.6 Å². The van der Waals surface area contributed by atoms with Crippen LogP contribution in [0.4, 0.5) is 0 Å². The van der Waals surface area contributed by atoms with Crippen molar-refractivity contribution in [2.24, 2.45) is 0 Å². The molecule has 4 nitrogen and oxygen atoms in total. The van der Waals surface area contributed by atoms with Crippen LogP contribution in [0.25, 0.3) is 0 Å². The Balaban J connectivity index is 1.52. The van der Waals surface area contributed by atoms with Crippen LogP contribution < -0.4 is 10.1 Å². The van der Waals surface area contributed by atoms with Crippen molar-refractivity contribution < 1.29 is 9.53 Å². The third kappa shape index (κ3) is 5.46. The fraction of sp³-hybridized carbons (Fsp3) is 0.667. The van der Waals surface area contributed by atoms with Crippen LogP contribution in [0.2, 0.25) is 0 Å². The number of methoxy groups -OCH3 is 1. The highest BCUT2D eigenvalue weighted by atomic mass is 16.5. The minimum atomic E-state index is 0.293. The molecule has 1 aliphatic carbocycles. The average molecular weight is 344 g/mol. The Kier molecular flexibility index (Phi) is 6.74. The number of carbonyl (C=O) groups excluding carboxylic acids is 1. The molecule has 1 amide bonds. The lowest BCUT2D eigenvalue weighted by Gasteiger charge is -2.24. The van der Waals surface area contributed by atoms with E-state index in [9.17, 15) is 4.79 Å². The summed E-state index contributed by atoms with van der Waals surface area (Å²) < 4.78 is 5.21. The van der Waals surface area contributed by atoms with Crippen LogP contribution in [0.15, 0.2) is 24.3 Å². The molecule has 1 saturated carbocycles. The van der Waals surface area contributed by atoms with Crippen LogP contribution in [0.3, 0.4) is 0 Å². The summed E-state index contributed by atoms with van der Waals surface area (Å²) in [6.45, 7) is 1.56. The Morgan fingerprint density at radius 1 is 1.00 bits per heavy atom. The van der Waals surface area contributed by atoms with Crippen molar-refractivity contribution in [2.45, 2.75) is 76.4 Å². The summed E-state index contributed by atoms with van der Waals surface area (Å²) in [5, 5.41) is 3.86. The lowest BCUT2D eigenvalue weighted by molar-refractivity contribution is -0.131. The van der Waals surface area contributed by atoms with Gasteiger partial charge in [-0.1, -0.05) is 37.8 Å². The van der Waals surface area contributed by atoms with Gasteiger partial charge in [-0.25, -0.2) is 0 Å². The topological polar surface area (TPSA) is 41.6 Å². The molecular formula is C21H32N2O2. The van der Waals surface area contributed by atoms with Crippen LogP contribution >= 0.6 is 0 Å². The van der Waals surface area contributed by atoms with Crippen molar-refractivity contribution in [3.05, 3.63) is 29.8 Å². The van der Waals surface area contributed by atoms with Gasteiger partial charge < -0.3 is 15.0 Å². The van der Waals surface area contributed by atoms with E-state index in [1.807, 2.05) is 17.0 Å². The number of hydrogen-bond acceptors (Lipinski definition) is 3. The molecule has 2 fully saturated rings. The van der Waals surface area contributed by atoms with Gasteiger partial charge in [0.25, 0.3) is 0 Å². The molecule has 1 aromatic rings. The molecule has 1 atom stereocenters. The maximum atomic E-state index is 12.5. The third-order valence-electron chi connectivity index (χ3n) is 5.67. The molecule has 4 heteroatoms. The zero-order valence-electron chi connectivity index (χ0n) is 15.5. The molecule has 25 heavy (non-hydrogen) atoms. The van der Waals surface area contributed by atoms with E-state index in [1.54, 1.807) is 7.11 Å². The first-order valence-corrected chi connectivity index (χ1v) is 9.91. The van der Waals surface area contributed by atoms with Crippen molar-refractivity contribution in [1.82, 2.24) is 10.2 Å². The van der Waals surface area contributed by atoms with Crippen molar-refractivity contribution >= 4 is 5.91 Å². The van der Waals surface area contributed by atoms with E-state index >= 15 is 0 Å². The maximum absolute atomic E-state index is 12.5. The summed E-state index contributed by atoms with van der Waals surface area (Å²) in [6.07, 6.45) is 10.8. The van der Waals surface area contributed by atoms with Crippen LogP contribution in [0.1, 0.15) is 63.4 Å². The highest BCUT2D eigenvalue weighted by Crippen LogP contribution is 2.21. The van der Waals surface area contributed by atoms with Gasteiger partial charge in [0.2, 0.25) is 5.91 Å². The van der Waals surface area contributed by atoms with Gasteiger partial charge in [-0.2, -0.15) is 0 Å². The van der Waals surface area contributed by atoms with Gasteiger partial charge in [0.1, 0.15) is 5.75 Å². The van der Waals surface area contributed by atoms with Crippen molar-refractivity contribution in [1.29, 1.82) is 0 Å². The zero-order chi connectivity index (χ0) is 17.5. The monoisotopic (exact) mass is 344 g/mol. The number of likely N-dealkylation sites (tertiary alicyclic amines) is 1. The van der Waals surface area contributed by atoms with E-state index in [4.69, 9.17) is 4.74 Å². The molecule has 1 aromatic carbocycles. The summed E-state index contributed by atoms with van der Waals surface area (Å²) in [7, 11) is 1.68. The number of carbonyl (C=O) groups is 1. The molecule has 0 bridgehead atoms. The predicted octanol–water partition coefficient (Wildman–Crippen LogP) is 3.89. The number of hydrogen-bond donors (Lipinski definition) is 1. The summed E-state index contributed by atoms with van der Waals surface area (Å²) >= 11 is 0. The van der Waals surface area contributed by atoms with Crippen LogP contribution in [-0.4, -0.2) is 36.5 Å². The summed E-state index contributed by atoms with van der Waals surface area (Å²) in [4.78, 5) is 14.5. The quantitative estimate of drug-likeness (QED) is 0.824. The summed E-state index contributed by atoms with van der Waals surface area (Å²) in [5.74, 6) is 1.15. The molecule has 2 aliphatic rings. The van der Waals surface area contributed by atoms with E-state index in [2.05, 4.69) is 17.4 Å². The second kappa shape index (κ2) is 9.23. The Labute approximate surface area is 151 Å². The Morgan fingerprint density at radius 2 is 1.68 bits per heavy atom. The van der Waals surface area contributed by atoms with Crippen molar-refractivity contribution in [2.75, 3.05) is 13.7 Å². The van der Waals surface area contributed by atoms with Gasteiger partial charge in [-0.05, 0) is 43.4 Å². The van der Waals surface area contributed by atoms with Crippen molar-refractivity contribution in [3.8, 4) is 5.75 Å². The smallest absolute Gasteiger partial charge is 0.222 e. The SMILES string of the molecule is COc1ccc(CN2CCC(NC3CCCCCC3)CCC2=O)cc1. The fourth-order valence-electron chi connectivity index (χ4n) is 4.10. The number of nitrogens with zero attached hydrogens (tertiary/aromatic N) is 1. The highest BCUT2D eigenvalue weighted by Gasteiger charge is 2.24. The van der Waals surface area contributed by atoms with E-state index in [1.165, 1.54) is 44.1 Å². The second-order valence-corrected chi connectivity index (χ2v) is 7.54. The highest BCUT2D eigenvalue weighted by molar-refractivity contribution is 5.76. The molecule has 138 valence electrons. The minimum Gasteiger partial charge on any atom is -0.497 e. The summed E-state index contributed by atoms with van der Waals surface area (Å²) in [6, 6.07) is 9.20. The molecular weight excluding hydrogens is 312 g/mol. The molecule has 1 heterocycles. The summed E-state index contributed by atoms with van der Waals surface area (Å²) in [5.41, 5.74) is 1.17. The standard InChI is InChI=1S/C21H32N2O2/c1-25-20-11-8-17(9-12-20)16-23-15-14-19(10-13-21(23)24)22-18-6-4-2-3-5-7-18/h8-9,11-12,18-19,22H,2-7,10,13-16H2,1H3. The van der Waals surface area contributed by atoms with Gasteiger partial charge in [0.15, 0.2) is 0 Å². The molecule has 0 aromatic heterocycles. The first-order valence-electron chi connectivity index (χ1n) is 9.91. The van der Waals surface area contributed by atoms with Crippen LogP contribution in [0, 0.1) is 0 Å². The van der Waals surface area contributed by atoms with Gasteiger partial charge >= 0.3 is 0 Å². The number of rotatable bonds is 5. The molecule has 1 aliphatic heterocycles. The second-order valence-electron chi connectivity index (χ2n) is 7.54. The first-order chi connectivity index (χ1) is 12.2. The van der Waals surface area contributed by atoms with Gasteiger partial charge in [-0.3, -0.25) is 4.79 Å². The van der Waals surface area contributed by atoms with E-state index in [0.717, 1.165) is 25.1 Å². The predicted molar refractivity (Wildman–Crippen MR) is 101 cm³/mol. The van der Waals surface area contributed by atoms with Crippen LogP contribution in [-0.2, 0) is 11.3 Å². The van der Waals surface area contributed by atoms with E-state index in [0.29, 0.717) is 31.0 Å². The normalized spacial score (nSPS) is 23.2. The van der Waals surface area contributed by atoms with Gasteiger partial charge in [-0.15, -0.1) is 0 Å². The molecule has 0 radical (unpaired) electrons. The zero-order valence-corrected chi connectivity index (χ0v) is 15.5. The maximum Gasteiger partial charge on any atom is 0.222 e. The Bertz CT molecular complexity index is 535. The molecule has 1 saturated heterocycles. The van der Waals surface area contributed by atoms with Crippen molar-refractivity contribution in [3.63, 3.8) is 0 Å². The number of benzene rings is 1. The molecule has 0 spiro atoms. The Morgan fingerprint density at radius 3 is 2.36 bits per heavy atom. The number of ether oxygens (including phenoxy) is 1. The first kappa shape index (κ1) is 18.2. The fourth-order valence-corrected chi connectivity index (χ4v) is 4.10. The van der Waals surface area contributed by atoms with E-state index < -0.39 is 0 Å².